The van der Waals surface area contributed by atoms with Crippen LogP contribution in [-0.4, -0.2) is 24.7 Å². The molecule has 0 bridgehead atoms. The van der Waals surface area contributed by atoms with Gasteiger partial charge in [0.1, 0.15) is 0 Å². The van der Waals surface area contributed by atoms with E-state index in [1.54, 1.807) is 7.05 Å². The highest BCUT2D eigenvalue weighted by Crippen LogP contribution is 1.78. The van der Waals surface area contributed by atoms with Gasteiger partial charge in [0.15, 0.2) is 5.78 Å². The minimum Gasteiger partial charge on any atom is -0.313 e. The Morgan fingerprint density at radius 3 is 2.57 bits per heavy atom. The molecule has 0 spiro atoms. The Balaban J connectivity index is 3.00. The van der Waals surface area contributed by atoms with Crippen molar-refractivity contribution in [1.29, 1.82) is 0 Å². The molecule has 7 heavy (non-hydrogen) atoms. The molecule has 0 rings (SSSR count). The van der Waals surface area contributed by atoms with Gasteiger partial charge in [-0.3, -0.25) is 4.79 Å². The summed E-state index contributed by atoms with van der Waals surface area (Å²) in [5.74, 6) is 0.183. The summed E-state index contributed by atoms with van der Waals surface area (Å²) in [6.45, 7) is 0.464. The first-order chi connectivity index (χ1) is 3.31. The standard InChI is InChI=1S/C4H8BrNO/c1-6-3-4(7)2-5/h6H,2-3H2,1H3. The van der Waals surface area contributed by atoms with Gasteiger partial charge in [-0.1, -0.05) is 15.9 Å². The van der Waals surface area contributed by atoms with Gasteiger partial charge in [-0.2, -0.15) is 0 Å². The fourth-order valence-corrected chi connectivity index (χ4v) is 0.443. The van der Waals surface area contributed by atoms with Crippen LogP contribution >= 0.6 is 15.9 Å². The van der Waals surface area contributed by atoms with Crippen LogP contribution in [0.25, 0.3) is 0 Å². The number of alkyl halides is 1. The molecule has 0 amide bonds. The van der Waals surface area contributed by atoms with E-state index in [4.69, 9.17) is 0 Å². The van der Waals surface area contributed by atoms with Crippen LogP contribution in [0.4, 0.5) is 0 Å². The summed E-state index contributed by atoms with van der Waals surface area (Å²) in [5.41, 5.74) is 0. The molecular weight excluding hydrogens is 158 g/mol. The Morgan fingerprint density at radius 1 is 1.86 bits per heavy atom. The lowest BCUT2D eigenvalue weighted by molar-refractivity contribution is -0.115. The van der Waals surface area contributed by atoms with Gasteiger partial charge in [0.05, 0.1) is 11.9 Å². The van der Waals surface area contributed by atoms with Crippen molar-refractivity contribution in [3.63, 3.8) is 0 Å². The van der Waals surface area contributed by atoms with E-state index < -0.39 is 0 Å². The highest BCUT2D eigenvalue weighted by molar-refractivity contribution is 9.09. The number of carbonyl (C=O) groups excluding carboxylic acids is 1. The van der Waals surface area contributed by atoms with E-state index in [1.165, 1.54) is 0 Å². The summed E-state index contributed by atoms with van der Waals surface area (Å²) in [7, 11) is 1.75. The van der Waals surface area contributed by atoms with Crippen LogP contribution in [0.15, 0.2) is 0 Å². The van der Waals surface area contributed by atoms with Gasteiger partial charge < -0.3 is 5.32 Å². The molecule has 0 aromatic carbocycles. The number of Topliss-reactive ketones (excluding diaryl/α,β-unsaturated/α-hetero) is 1. The van der Waals surface area contributed by atoms with Crippen molar-refractivity contribution in [2.45, 2.75) is 0 Å². The second-order valence-corrected chi connectivity index (χ2v) is 1.76. The Labute approximate surface area is 51.4 Å². The topological polar surface area (TPSA) is 29.1 Å². The minimum atomic E-state index is 0.183. The number of hydrogen-bond donors (Lipinski definition) is 1. The van der Waals surface area contributed by atoms with Gasteiger partial charge in [-0.15, -0.1) is 0 Å². The average molecular weight is 166 g/mol. The summed E-state index contributed by atoms with van der Waals surface area (Å²) in [6, 6.07) is 0. The predicted octanol–water partition coefficient (Wildman–Crippen LogP) is 0.170. The average Bonchev–Trinajstić information content (AvgIpc) is 1.68. The molecule has 0 aliphatic carbocycles. The van der Waals surface area contributed by atoms with Gasteiger partial charge in [-0.05, 0) is 7.05 Å². The molecule has 0 radical (unpaired) electrons. The molecule has 0 saturated heterocycles. The van der Waals surface area contributed by atoms with E-state index in [0.29, 0.717) is 11.9 Å². The molecule has 0 aliphatic rings. The zero-order chi connectivity index (χ0) is 5.70. The number of rotatable bonds is 3. The van der Waals surface area contributed by atoms with Crippen molar-refractivity contribution in [3.8, 4) is 0 Å². The summed E-state index contributed by atoms with van der Waals surface area (Å²) < 4.78 is 0. The third kappa shape index (κ3) is 3.95. The highest BCUT2D eigenvalue weighted by atomic mass is 79.9. The first kappa shape index (κ1) is 7.11. The van der Waals surface area contributed by atoms with Gasteiger partial charge in [0, 0.05) is 0 Å². The Kier molecular flexibility index (Phi) is 4.34. The second-order valence-electron chi connectivity index (χ2n) is 1.20. The molecule has 0 fully saturated rings. The lowest BCUT2D eigenvalue weighted by Gasteiger charge is -1.89. The zero-order valence-electron chi connectivity index (χ0n) is 4.20. The number of carbonyl (C=O) groups is 1. The molecule has 0 aliphatic heterocycles. The summed E-state index contributed by atoms with van der Waals surface area (Å²) >= 11 is 3.03. The molecule has 0 saturated carbocycles. The molecule has 0 heterocycles. The number of likely N-dealkylation sites (N-methyl/N-ethyl adjacent to an activating group) is 1. The summed E-state index contributed by atoms with van der Waals surface area (Å²) in [5, 5.41) is 3.19. The van der Waals surface area contributed by atoms with Crippen LogP contribution in [0.2, 0.25) is 0 Å². The van der Waals surface area contributed by atoms with E-state index in [2.05, 4.69) is 21.2 Å². The van der Waals surface area contributed by atoms with Gasteiger partial charge in [0.25, 0.3) is 0 Å². The quantitative estimate of drug-likeness (QED) is 0.605. The molecule has 0 aromatic rings. The lowest BCUT2D eigenvalue weighted by atomic mass is 10.5. The van der Waals surface area contributed by atoms with E-state index in [-0.39, 0.29) is 5.78 Å². The van der Waals surface area contributed by atoms with E-state index in [9.17, 15) is 4.79 Å². The molecule has 42 valence electrons. The molecule has 0 atom stereocenters. The first-order valence-electron chi connectivity index (χ1n) is 2.03. The maximum absolute atomic E-state index is 10.3. The minimum absolute atomic E-state index is 0.183. The van der Waals surface area contributed by atoms with Crippen molar-refractivity contribution in [3.05, 3.63) is 0 Å². The third-order valence-corrected chi connectivity index (χ3v) is 1.15. The van der Waals surface area contributed by atoms with Crippen LogP contribution in [0.1, 0.15) is 0 Å². The molecule has 3 heteroatoms. The molecule has 0 unspecified atom stereocenters. The summed E-state index contributed by atoms with van der Waals surface area (Å²) in [4.78, 5) is 10.3. The SMILES string of the molecule is CNCC(=O)CBr. The zero-order valence-corrected chi connectivity index (χ0v) is 5.79. The van der Waals surface area contributed by atoms with Gasteiger partial charge in [0.2, 0.25) is 0 Å². The fraction of sp³-hybridized carbons (Fsp3) is 0.750. The number of halogens is 1. The van der Waals surface area contributed by atoms with Crippen LogP contribution in [-0.2, 0) is 4.79 Å². The second kappa shape index (κ2) is 4.27. The molecular formula is C4H8BrNO. The smallest absolute Gasteiger partial charge is 0.157 e. The monoisotopic (exact) mass is 165 g/mol. The number of ketones is 1. The lowest BCUT2D eigenvalue weighted by Crippen LogP contribution is -2.18. The number of nitrogens with one attached hydrogen (secondary N) is 1. The van der Waals surface area contributed by atoms with Crippen molar-refractivity contribution < 1.29 is 4.79 Å². The highest BCUT2D eigenvalue weighted by Gasteiger charge is 1.91. The van der Waals surface area contributed by atoms with Crippen LogP contribution in [0.5, 0.6) is 0 Å². The molecule has 0 aromatic heterocycles. The Morgan fingerprint density at radius 2 is 2.43 bits per heavy atom. The van der Waals surface area contributed by atoms with E-state index in [0.717, 1.165) is 0 Å². The van der Waals surface area contributed by atoms with Gasteiger partial charge in [-0.25, -0.2) is 0 Å². The first-order valence-corrected chi connectivity index (χ1v) is 3.15. The number of hydrogen-bond acceptors (Lipinski definition) is 2. The van der Waals surface area contributed by atoms with Gasteiger partial charge >= 0.3 is 0 Å². The van der Waals surface area contributed by atoms with Crippen molar-refractivity contribution in [2.75, 3.05) is 18.9 Å². The molecule has 1 N–H and O–H groups in total. The van der Waals surface area contributed by atoms with Crippen LogP contribution in [0.3, 0.4) is 0 Å². The third-order valence-electron chi connectivity index (χ3n) is 0.523. The van der Waals surface area contributed by atoms with Crippen LogP contribution in [0, 0.1) is 0 Å². The Bertz CT molecular complexity index is 64.7. The fourth-order valence-electron chi connectivity index (χ4n) is 0.244. The van der Waals surface area contributed by atoms with E-state index in [1.807, 2.05) is 0 Å². The van der Waals surface area contributed by atoms with Crippen molar-refractivity contribution in [2.24, 2.45) is 0 Å². The maximum Gasteiger partial charge on any atom is 0.157 e. The Hall–Kier alpha value is 0.110. The summed E-state index contributed by atoms with van der Waals surface area (Å²) in [6.07, 6.45) is 0. The maximum atomic E-state index is 10.3. The van der Waals surface area contributed by atoms with Crippen molar-refractivity contribution in [1.82, 2.24) is 5.32 Å². The van der Waals surface area contributed by atoms with E-state index >= 15 is 0 Å². The molecule has 2 nitrogen and oxygen atoms in total. The predicted molar refractivity (Wildman–Crippen MR) is 32.7 cm³/mol. The largest absolute Gasteiger partial charge is 0.313 e. The van der Waals surface area contributed by atoms with Crippen LogP contribution < -0.4 is 5.32 Å². The normalized spacial score (nSPS) is 8.86. The van der Waals surface area contributed by atoms with Crippen molar-refractivity contribution >= 4 is 21.7 Å².